The van der Waals surface area contributed by atoms with Gasteiger partial charge in [-0.05, 0) is 42.2 Å². The van der Waals surface area contributed by atoms with Crippen molar-refractivity contribution in [3.05, 3.63) is 60.3 Å². The van der Waals surface area contributed by atoms with Crippen LogP contribution < -0.4 is 4.74 Å². The highest BCUT2D eigenvalue weighted by molar-refractivity contribution is 5.78. The molecule has 1 aromatic carbocycles. The molecule has 3 rings (SSSR count). The Balaban J connectivity index is 2.02. The van der Waals surface area contributed by atoms with Crippen molar-refractivity contribution in [2.75, 3.05) is 7.11 Å². The number of alkyl halides is 3. The molecule has 8 heteroatoms. The van der Waals surface area contributed by atoms with Gasteiger partial charge in [0.25, 0.3) is 0 Å². The molecule has 0 amide bonds. The lowest BCUT2D eigenvalue weighted by Gasteiger charge is -2.38. The Labute approximate surface area is 165 Å². The molecule has 1 N–H and O–H groups in total. The van der Waals surface area contributed by atoms with Gasteiger partial charge in [-0.15, -0.1) is 0 Å². The van der Waals surface area contributed by atoms with Crippen LogP contribution in [-0.2, 0) is 12.0 Å². The number of aromatic nitrogens is 2. The predicted molar refractivity (Wildman–Crippen MR) is 101 cm³/mol. The Bertz CT molecular complexity index is 1010. The first-order valence-electron chi connectivity index (χ1n) is 8.99. The third kappa shape index (κ3) is 4.07. The van der Waals surface area contributed by atoms with E-state index in [0.29, 0.717) is 10.9 Å². The number of benzene rings is 1. The lowest BCUT2D eigenvalue weighted by Crippen LogP contribution is -2.52. The first-order valence-corrected chi connectivity index (χ1v) is 8.99. The van der Waals surface area contributed by atoms with Crippen LogP contribution in [0.15, 0.2) is 48.9 Å². The fourth-order valence-electron chi connectivity index (χ4n) is 3.74. The number of methoxy groups -OCH3 is 1. The molecule has 0 aliphatic carbocycles. The molecule has 0 aliphatic heterocycles. The molecule has 0 saturated heterocycles. The van der Waals surface area contributed by atoms with Gasteiger partial charge in [0.05, 0.1) is 19.2 Å². The molecule has 2 aromatic heterocycles. The minimum Gasteiger partial charge on any atom is -0.496 e. The van der Waals surface area contributed by atoms with Gasteiger partial charge in [-0.1, -0.05) is 13.8 Å². The molecule has 1 atom stereocenters. The zero-order valence-corrected chi connectivity index (χ0v) is 16.3. The van der Waals surface area contributed by atoms with Crippen LogP contribution in [0.3, 0.4) is 0 Å². The summed E-state index contributed by atoms with van der Waals surface area (Å²) in [7, 11) is 1.36. The smallest absolute Gasteiger partial charge is 0.418 e. The van der Waals surface area contributed by atoms with Crippen molar-refractivity contribution in [2.45, 2.75) is 44.0 Å². The molecular formula is C21H22F4N2O2. The van der Waals surface area contributed by atoms with Crippen LogP contribution in [0.5, 0.6) is 5.75 Å². The predicted octanol–water partition coefficient (Wildman–Crippen LogP) is 4.85. The largest absolute Gasteiger partial charge is 0.496 e. The third-order valence-corrected chi connectivity index (χ3v) is 5.16. The van der Waals surface area contributed by atoms with E-state index >= 15 is 0 Å². The van der Waals surface area contributed by atoms with Crippen molar-refractivity contribution < 1.29 is 27.4 Å². The molecule has 4 nitrogen and oxygen atoms in total. The van der Waals surface area contributed by atoms with Crippen LogP contribution in [0.4, 0.5) is 17.6 Å². The number of pyridine rings is 1. The number of nitrogens with zero attached hydrogens (tertiary/aromatic N) is 2. The minimum absolute atomic E-state index is 0.254. The third-order valence-electron chi connectivity index (χ3n) is 5.16. The van der Waals surface area contributed by atoms with Gasteiger partial charge in [-0.25, -0.2) is 4.39 Å². The Kier molecular flexibility index (Phi) is 5.34. The van der Waals surface area contributed by atoms with E-state index in [1.807, 2.05) is 0 Å². The highest BCUT2D eigenvalue weighted by atomic mass is 19.4. The molecule has 0 bridgehead atoms. The lowest BCUT2D eigenvalue weighted by molar-refractivity contribution is -0.271. The Hall–Kier alpha value is -2.61. The second kappa shape index (κ2) is 7.33. The highest BCUT2D eigenvalue weighted by Gasteiger charge is 2.56. The van der Waals surface area contributed by atoms with Gasteiger partial charge in [0.2, 0.25) is 0 Å². The van der Waals surface area contributed by atoms with E-state index in [-0.39, 0.29) is 11.3 Å². The van der Waals surface area contributed by atoms with E-state index in [1.165, 1.54) is 50.1 Å². The van der Waals surface area contributed by atoms with Gasteiger partial charge >= 0.3 is 6.18 Å². The van der Waals surface area contributed by atoms with E-state index in [2.05, 4.69) is 4.98 Å². The summed E-state index contributed by atoms with van der Waals surface area (Å²) in [6, 6.07) is 6.92. The molecule has 1 unspecified atom stereocenters. The normalized spacial score (nSPS) is 14.8. The monoisotopic (exact) mass is 410 g/mol. The van der Waals surface area contributed by atoms with Crippen molar-refractivity contribution in [1.82, 2.24) is 9.55 Å². The summed E-state index contributed by atoms with van der Waals surface area (Å²) in [5.41, 5.74) is -3.50. The van der Waals surface area contributed by atoms with Gasteiger partial charge in [0, 0.05) is 29.5 Å². The van der Waals surface area contributed by atoms with Crippen molar-refractivity contribution in [1.29, 1.82) is 0 Å². The molecule has 2 heterocycles. The fourth-order valence-corrected chi connectivity index (χ4v) is 3.74. The molecule has 156 valence electrons. The summed E-state index contributed by atoms with van der Waals surface area (Å²) in [5, 5.41) is 11.5. The Morgan fingerprint density at radius 1 is 1.14 bits per heavy atom. The zero-order chi connectivity index (χ0) is 21.4. The number of hydrogen-bond donors (Lipinski definition) is 1. The van der Waals surface area contributed by atoms with Gasteiger partial charge in [-0.2, -0.15) is 13.2 Å². The quantitative estimate of drug-likeness (QED) is 0.592. The fraction of sp³-hybridized carbons (Fsp3) is 0.381. The van der Waals surface area contributed by atoms with E-state index in [0.717, 1.165) is 6.07 Å². The second-order valence-corrected chi connectivity index (χ2v) is 7.81. The van der Waals surface area contributed by atoms with Crippen molar-refractivity contribution in [3.63, 3.8) is 0 Å². The van der Waals surface area contributed by atoms with Crippen LogP contribution in [0.25, 0.3) is 10.9 Å². The first-order chi connectivity index (χ1) is 13.5. The highest BCUT2D eigenvalue weighted by Crippen LogP contribution is 2.44. The number of hydrogen-bond acceptors (Lipinski definition) is 3. The molecule has 29 heavy (non-hydrogen) atoms. The minimum atomic E-state index is -4.91. The Morgan fingerprint density at radius 3 is 2.52 bits per heavy atom. The summed E-state index contributed by atoms with van der Waals surface area (Å²) in [4.78, 5) is 3.95. The van der Waals surface area contributed by atoms with Crippen molar-refractivity contribution >= 4 is 10.9 Å². The first kappa shape index (κ1) is 21.1. The maximum Gasteiger partial charge on any atom is 0.418 e. The summed E-state index contributed by atoms with van der Waals surface area (Å²) in [5.74, 6) is -0.327. The van der Waals surface area contributed by atoms with Gasteiger partial charge in [-0.3, -0.25) is 4.98 Å². The maximum absolute atomic E-state index is 14.0. The molecule has 0 fully saturated rings. The van der Waals surface area contributed by atoms with E-state index in [4.69, 9.17) is 4.74 Å². The van der Waals surface area contributed by atoms with Crippen LogP contribution in [-0.4, -0.2) is 33.5 Å². The molecular weight excluding hydrogens is 388 g/mol. The molecule has 0 spiro atoms. The average molecular weight is 410 g/mol. The van der Waals surface area contributed by atoms with E-state index in [9.17, 15) is 22.7 Å². The zero-order valence-electron chi connectivity index (χ0n) is 16.3. The van der Waals surface area contributed by atoms with Crippen molar-refractivity contribution in [2.24, 2.45) is 0 Å². The van der Waals surface area contributed by atoms with Crippen LogP contribution in [0, 0.1) is 5.82 Å². The number of aliphatic hydroxyl groups is 1. The molecule has 3 aromatic rings. The summed E-state index contributed by atoms with van der Waals surface area (Å²) in [6.07, 6.45) is -1.09. The Morgan fingerprint density at radius 2 is 1.86 bits per heavy atom. The van der Waals surface area contributed by atoms with Crippen LogP contribution >= 0.6 is 0 Å². The second-order valence-electron chi connectivity index (χ2n) is 7.81. The topological polar surface area (TPSA) is 47.3 Å². The van der Waals surface area contributed by atoms with Gasteiger partial charge in [0.1, 0.15) is 11.6 Å². The summed E-state index contributed by atoms with van der Waals surface area (Å²) in [6.45, 7) is 2.35. The number of rotatable bonds is 6. The lowest BCUT2D eigenvalue weighted by atomic mass is 9.74. The molecule has 0 saturated carbocycles. The number of ether oxygens (including phenoxy) is 1. The molecule has 0 aliphatic rings. The average Bonchev–Trinajstić information content (AvgIpc) is 3.03. The summed E-state index contributed by atoms with van der Waals surface area (Å²) < 4.78 is 62.4. The van der Waals surface area contributed by atoms with E-state index < -0.39 is 36.0 Å². The number of halogens is 4. The molecule has 0 radical (unpaired) electrons. The SMILES string of the molecule is COc1ccc(F)cc1C(C)(C)CC(O)(Cn1ccc2cnccc21)C(F)(F)F. The van der Waals surface area contributed by atoms with Crippen LogP contribution in [0.1, 0.15) is 25.8 Å². The number of fused-ring (bicyclic) bond motifs is 1. The van der Waals surface area contributed by atoms with Gasteiger partial charge in [0.15, 0.2) is 5.60 Å². The van der Waals surface area contributed by atoms with Gasteiger partial charge < -0.3 is 14.4 Å². The van der Waals surface area contributed by atoms with Crippen molar-refractivity contribution in [3.8, 4) is 5.75 Å². The summed E-state index contributed by atoms with van der Waals surface area (Å²) >= 11 is 0. The standard InChI is InChI=1S/C21H22F4N2O2/c1-19(2,16-10-15(22)4-5-18(16)29-3)12-20(28,21(23,24)25)13-27-9-7-14-11-26-8-6-17(14)27/h4-11,28H,12-13H2,1-3H3. The van der Waals surface area contributed by atoms with E-state index in [1.54, 1.807) is 18.3 Å². The van der Waals surface area contributed by atoms with Crippen LogP contribution in [0.2, 0.25) is 0 Å². The maximum atomic E-state index is 14.0.